The fourth-order valence-corrected chi connectivity index (χ4v) is 2.90. The highest BCUT2D eigenvalue weighted by molar-refractivity contribution is 7.15. The highest BCUT2D eigenvalue weighted by atomic mass is 32.1. The van der Waals surface area contributed by atoms with E-state index in [9.17, 15) is 0 Å². The lowest BCUT2D eigenvalue weighted by atomic mass is 10.0. The van der Waals surface area contributed by atoms with Crippen LogP contribution in [0.4, 0.5) is 0 Å². The average Bonchev–Trinajstić information content (AvgIpc) is 2.78. The molecule has 0 amide bonds. The maximum atomic E-state index is 6.12. The topological polar surface area (TPSA) is 26.0 Å². The van der Waals surface area contributed by atoms with Gasteiger partial charge in [0.1, 0.15) is 0 Å². The second kappa shape index (κ2) is 4.87. The van der Waals surface area contributed by atoms with Crippen molar-refractivity contribution in [3.63, 3.8) is 0 Å². The molecule has 1 nitrogen and oxygen atoms in total. The fraction of sp³-hybridized carbons (Fsp3) is 0.375. The van der Waals surface area contributed by atoms with Crippen LogP contribution in [0, 0.1) is 0 Å². The largest absolute Gasteiger partial charge is 0.321 e. The van der Waals surface area contributed by atoms with Crippen molar-refractivity contribution in [2.24, 2.45) is 5.73 Å². The normalized spacial score (nSPS) is 12.1. The summed E-state index contributed by atoms with van der Waals surface area (Å²) in [4.78, 5) is 2.52. The Kier molecular flexibility index (Phi) is 3.60. The van der Waals surface area contributed by atoms with Gasteiger partial charge in [0, 0.05) is 15.3 Å². The van der Waals surface area contributed by atoms with Gasteiger partial charge in [0.05, 0.1) is 0 Å². The molecule has 1 heterocycles. The van der Waals surface area contributed by atoms with Crippen LogP contribution < -0.4 is 5.73 Å². The Morgan fingerprint density at radius 3 is 2.06 bits per heavy atom. The predicted molar refractivity (Wildman–Crippen MR) is 81.1 cm³/mol. The molecule has 0 bridgehead atoms. The molecule has 0 atom stereocenters. The summed E-state index contributed by atoms with van der Waals surface area (Å²) in [6.07, 6.45) is 0. The summed E-state index contributed by atoms with van der Waals surface area (Å²) in [5.74, 6) is 0.584. The van der Waals surface area contributed by atoms with Crippen LogP contribution in [0.2, 0.25) is 0 Å². The van der Waals surface area contributed by atoms with Gasteiger partial charge in [-0.15, -0.1) is 11.3 Å². The molecule has 2 rings (SSSR count). The number of thiophene rings is 1. The number of hydrogen-bond donors (Lipinski definition) is 1. The molecule has 96 valence electrons. The molecule has 0 radical (unpaired) electrons. The summed E-state index contributed by atoms with van der Waals surface area (Å²) in [7, 11) is 0. The van der Waals surface area contributed by atoms with E-state index < -0.39 is 0 Å². The highest BCUT2D eigenvalue weighted by Gasteiger charge is 2.16. The third-order valence-corrected chi connectivity index (χ3v) is 4.58. The Hall–Kier alpha value is -1.12. The van der Waals surface area contributed by atoms with Crippen LogP contribution in [0.25, 0.3) is 10.4 Å². The summed E-state index contributed by atoms with van der Waals surface area (Å²) in [6.45, 7) is 8.53. The first-order valence-corrected chi connectivity index (χ1v) is 7.19. The van der Waals surface area contributed by atoms with Crippen LogP contribution in [0.1, 0.15) is 44.1 Å². The molecule has 2 N–H and O–H groups in total. The molecule has 1 aromatic carbocycles. The van der Waals surface area contributed by atoms with Crippen LogP contribution in [0.15, 0.2) is 36.4 Å². The van der Waals surface area contributed by atoms with Crippen LogP contribution in [0.3, 0.4) is 0 Å². The summed E-state index contributed by atoms with van der Waals surface area (Å²) in [5.41, 5.74) is 8.53. The molecular formula is C16H21NS. The van der Waals surface area contributed by atoms with Crippen molar-refractivity contribution in [2.45, 2.75) is 39.2 Å². The highest BCUT2D eigenvalue weighted by Crippen LogP contribution is 2.33. The standard InChI is InChI=1S/C16H21NS/c1-11(2)12-5-7-13(8-6-12)14-9-10-15(18-14)16(3,4)17/h5-11H,17H2,1-4H3. The lowest BCUT2D eigenvalue weighted by molar-refractivity contribution is 0.567. The third-order valence-electron chi connectivity index (χ3n) is 3.10. The quantitative estimate of drug-likeness (QED) is 0.847. The van der Waals surface area contributed by atoms with Crippen molar-refractivity contribution in [1.82, 2.24) is 0 Å². The average molecular weight is 259 g/mol. The van der Waals surface area contributed by atoms with Gasteiger partial charge < -0.3 is 5.73 Å². The van der Waals surface area contributed by atoms with E-state index in [1.807, 2.05) is 13.8 Å². The Balaban J connectivity index is 2.29. The van der Waals surface area contributed by atoms with Gasteiger partial charge in [-0.1, -0.05) is 38.1 Å². The molecule has 2 aromatic rings. The van der Waals surface area contributed by atoms with E-state index >= 15 is 0 Å². The summed E-state index contributed by atoms with van der Waals surface area (Å²) >= 11 is 1.78. The summed E-state index contributed by atoms with van der Waals surface area (Å²) < 4.78 is 0. The van der Waals surface area contributed by atoms with Crippen molar-refractivity contribution in [1.29, 1.82) is 0 Å². The zero-order valence-corrected chi connectivity index (χ0v) is 12.3. The van der Waals surface area contributed by atoms with E-state index in [2.05, 4.69) is 50.2 Å². The van der Waals surface area contributed by atoms with E-state index in [1.165, 1.54) is 20.9 Å². The molecular weight excluding hydrogens is 238 g/mol. The zero-order valence-electron chi connectivity index (χ0n) is 11.5. The first-order valence-electron chi connectivity index (χ1n) is 6.37. The van der Waals surface area contributed by atoms with Gasteiger partial charge in [-0.2, -0.15) is 0 Å². The molecule has 0 aliphatic heterocycles. The van der Waals surface area contributed by atoms with Gasteiger partial charge in [-0.05, 0) is 43.0 Å². The van der Waals surface area contributed by atoms with Crippen molar-refractivity contribution in [3.8, 4) is 10.4 Å². The van der Waals surface area contributed by atoms with E-state index in [4.69, 9.17) is 5.73 Å². The molecule has 0 aliphatic rings. The van der Waals surface area contributed by atoms with Gasteiger partial charge in [0.2, 0.25) is 0 Å². The molecule has 0 saturated carbocycles. The minimum Gasteiger partial charge on any atom is -0.321 e. The zero-order chi connectivity index (χ0) is 13.3. The van der Waals surface area contributed by atoms with Gasteiger partial charge in [0.25, 0.3) is 0 Å². The summed E-state index contributed by atoms with van der Waals surface area (Å²) in [5, 5.41) is 0. The van der Waals surface area contributed by atoms with Crippen molar-refractivity contribution in [2.75, 3.05) is 0 Å². The Morgan fingerprint density at radius 1 is 1.00 bits per heavy atom. The molecule has 0 unspecified atom stereocenters. The van der Waals surface area contributed by atoms with Gasteiger partial charge in [-0.3, -0.25) is 0 Å². The van der Waals surface area contributed by atoms with Crippen molar-refractivity contribution < 1.29 is 0 Å². The molecule has 1 aromatic heterocycles. The molecule has 0 spiro atoms. The van der Waals surface area contributed by atoms with Gasteiger partial charge in [-0.25, -0.2) is 0 Å². The van der Waals surface area contributed by atoms with Crippen LogP contribution in [-0.4, -0.2) is 0 Å². The Labute approximate surface area is 114 Å². The van der Waals surface area contributed by atoms with Crippen molar-refractivity contribution >= 4 is 11.3 Å². The van der Waals surface area contributed by atoms with E-state index in [0.29, 0.717) is 5.92 Å². The summed E-state index contributed by atoms with van der Waals surface area (Å²) in [6, 6.07) is 13.1. The molecule has 2 heteroatoms. The van der Waals surface area contributed by atoms with Crippen LogP contribution in [-0.2, 0) is 5.54 Å². The first-order chi connectivity index (χ1) is 8.38. The second-order valence-corrected chi connectivity index (χ2v) is 6.75. The van der Waals surface area contributed by atoms with Crippen LogP contribution in [0.5, 0.6) is 0 Å². The molecule has 0 fully saturated rings. The minimum atomic E-state index is -0.249. The van der Waals surface area contributed by atoms with Gasteiger partial charge >= 0.3 is 0 Å². The van der Waals surface area contributed by atoms with E-state index in [0.717, 1.165) is 0 Å². The lowest BCUT2D eigenvalue weighted by Crippen LogP contribution is -2.27. The minimum absolute atomic E-state index is 0.249. The monoisotopic (exact) mass is 259 g/mol. The van der Waals surface area contributed by atoms with Crippen LogP contribution >= 0.6 is 11.3 Å². The van der Waals surface area contributed by atoms with Gasteiger partial charge in [0.15, 0.2) is 0 Å². The predicted octanol–water partition coefficient (Wildman–Crippen LogP) is 4.73. The van der Waals surface area contributed by atoms with Crippen molar-refractivity contribution in [3.05, 3.63) is 46.8 Å². The number of rotatable bonds is 3. The van der Waals surface area contributed by atoms with E-state index in [-0.39, 0.29) is 5.54 Å². The number of hydrogen-bond acceptors (Lipinski definition) is 2. The fourth-order valence-electron chi connectivity index (χ4n) is 1.87. The first kappa shape index (κ1) is 13.3. The smallest absolute Gasteiger partial charge is 0.0446 e. The number of nitrogens with two attached hydrogens (primary N) is 1. The second-order valence-electron chi connectivity index (χ2n) is 5.66. The van der Waals surface area contributed by atoms with E-state index in [1.54, 1.807) is 11.3 Å². The number of benzene rings is 1. The molecule has 0 saturated heterocycles. The maximum absolute atomic E-state index is 6.12. The Bertz CT molecular complexity index is 515. The Morgan fingerprint density at radius 2 is 1.61 bits per heavy atom. The lowest BCUT2D eigenvalue weighted by Gasteiger charge is -2.15. The molecule has 0 aliphatic carbocycles. The maximum Gasteiger partial charge on any atom is 0.0446 e. The SMILES string of the molecule is CC(C)c1ccc(-c2ccc(C(C)(C)N)s2)cc1. The third kappa shape index (κ3) is 2.82. The molecule has 18 heavy (non-hydrogen) atoms.